The lowest BCUT2D eigenvalue weighted by Crippen LogP contribution is -2.43. The highest BCUT2D eigenvalue weighted by Crippen LogP contribution is 2.40. The molecule has 0 spiro atoms. The van der Waals surface area contributed by atoms with Gasteiger partial charge in [0.15, 0.2) is 0 Å². The first-order chi connectivity index (χ1) is 6.58. The number of rotatable bonds is 5. The van der Waals surface area contributed by atoms with Gasteiger partial charge < -0.3 is 5.11 Å². The summed E-state index contributed by atoms with van der Waals surface area (Å²) in [4.78, 5) is 0. The van der Waals surface area contributed by atoms with Crippen molar-refractivity contribution in [2.45, 2.75) is 79.8 Å². The average molecular weight is 214 g/mol. The fourth-order valence-electron chi connectivity index (χ4n) is 1.80. The van der Waals surface area contributed by atoms with Crippen LogP contribution in [0.3, 0.4) is 0 Å². The van der Waals surface area contributed by atoms with E-state index in [-0.39, 0.29) is 5.41 Å². The zero-order valence-electron chi connectivity index (χ0n) is 11.8. The molecule has 0 radical (unpaired) electrons. The molecule has 0 bridgehead atoms. The molecule has 0 saturated carbocycles. The van der Waals surface area contributed by atoms with Crippen LogP contribution in [0.4, 0.5) is 0 Å². The first kappa shape index (κ1) is 15.0. The van der Waals surface area contributed by atoms with Crippen molar-refractivity contribution in [3.05, 3.63) is 0 Å². The van der Waals surface area contributed by atoms with Crippen molar-refractivity contribution in [3.63, 3.8) is 0 Å². The van der Waals surface area contributed by atoms with Crippen LogP contribution < -0.4 is 0 Å². The zero-order chi connectivity index (χ0) is 12.3. The van der Waals surface area contributed by atoms with Gasteiger partial charge in [0.2, 0.25) is 0 Å². The lowest BCUT2D eigenvalue weighted by molar-refractivity contribution is -0.0744. The normalized spacial score (nSPS) is 17.6. The SMILES string of the molecule is CCC(C)(C)CCC(O)(CC)C(C)(C)C. The zero-order valence-corrected chi connectivity index (χ0v) is 11.8. The second-order valence-electron chi connectivity index (χ2n) is 6.65. The molecule has 0 aromatic rings. The van der Waals surface area contributed by atoms with Crippen molar-refractivity contribution in [1.82, 2.24) is 0 Å². The highest BCUT2D eigenvalue weighted by Gasteiger charge is 2.38. The van der Waals surface area contributed by atoms with Gasteiger partial charge in [0.25, 0.3) is 0 Å². The third-order valence-electron chi connectivity index (χ3n) is 4.15. The second-order valence-corrected chi connectivity index (χ2v) is 6.65. The van der Waals surface area contributed by atoms with Gasteiger partial charge in [-0.05, 0) is 30.1 Å². The van der Waals surface area contributed by atoms with Crippen molar-refractivity contribution >= 4 is 0 Å². The standard InChI is InChI=1S/C14H30O/c1-8-13(6,7)10-11-14(15,9-2)12(3,4)5/h15H,8-11H2,1-7H3. The van der Waals surface area contributed by atoms with Crippen LogP contribution in [0.1, 0.15) is 74.1 Å². The summed E-state index contributed by atoms with van der Waals surface area (Å²) in [7, 11) is 0. The molecule has 92 valence electrons. The average Bonchev–Trinajstić information content (AvgIpc) is 2.12. The summed E-state index contributed by atoms with van der Waals surface area (Å²) < 4.78 is 0. The van der Waals surface area contributed by atoms with E-state index in [2.05, 4.69) is 48.5 Å². The van der Waals surface area contributed by atoms with Gasteiger partial charge in [-0.15, -0.1) is 0 Å². The van der Waals surface area contributed by atoms with Crippen LogP contribution in [0.15, 0.2) is 0 Å². The van der Waals surface area contributed by atoms with E-state index >= 15 is 0 Å². The first-order valence-electron chi connectivity index (χ1n) is 6.30. The van der Waals surface area contributed by atoms with E-state index in [9.17, 15) is 5.11 Å². The second kappa shape index (κ2) is 4.86. The van der Waals surface area contributed by atoms with Crippen molar-refractivity contribution in [2.75, 3.05) is 0 Å². The molecule has 0 amide bonds. The number of hydrogen-bond donors (Lipinski definition) is 1. The van der Waals surface area contributed by atoms with Gasteiger partial charge in [-0.25, -0.2) is 0 Å². The molecule has 0 aromatic carbocycles. The third-order valence-corrected chi connectivity index (χ3v) is 4.15. The number of aliphatic hydroxyl groups is 1. The van der Waals surface area contributed by atoms with Gasteiger partial charge in [0.1, 0.15) is 0 Å². The Hall–Kier alpha value is -0.0400. The topological polar surface area (TPSA) is 20.2 Å². The Kier molecular flexibility index (Phi) is 4.85. The molecule has 0 saturated heterocycles. The maximum atomic E-state index is 10.6. The van der Waals surface area contributed by atoms with Crippen LogP contribution in [0, 0.1) is 10.8 Å². The third kappa shape index (κ3) is 4.14. The lowest BCUT2D eigenvalue weighted by Gasteiger charge is -2.41. The number of hydrogen-bond acceptors (Lipinski definition) is 1. The van der Waals surface area contributed by atoms with Gasteiger partial charge in [-0.1, -0.05) is 54.9 Å². The Morgan fingerprint density at radius 3 is 1.53 bits per heavy atom. The molecular formula is C14H30O. The van der Waals surface area contributed by atoms with E-state index in [0.717, 1.165) is 19.3 Å². The van der Waals surface area contributed by atoms with E-state index in [4.69, 9.17) is 0 Å². The van der Waals surface area contributed by atoms with Gasteiger partial charge in [0, 0.05) is 0 Å². The highest BCUT2D eigenvalue weighted by atomic mass is 16.3. The first-order valence-corrected chi connectivity index (χ1v) is 6.30. The molecule has 1 unspecified atom stereocenters. The predicted molar refractivity (Wildman–Crippen MR) is 68.0 cm³/mol. The lowest BCUT2D eigenvalue weighted by atomic mass is 9.69. The molecule has 1 nitrogen and oxygen atoms in total. The van der Waals surface area contributed by atoms with Crippen LogP contribution in [-0.2, 0) is 0 Å². The van der Waals surface area contributed by atoms with E-state index in [1.165, 1.54) is 6.42 Å². The Morgan fingerprint density at radius 1 is 0.800 bits per heavy atom. The van der Waals surface area contributed by atoms with Crippen LogP contribution in [0.5, 0.6) is 0 Å². The Balaban J connectivity index is 4.48. The molecule has 1 N–H and O–H groups in total. The largest absolute Gasteiger partial charge is 0.389 e. The molecule has 0 aliphatic rings. The molecule has 15 heavy (non-hydrogen) atoms. The van der Waals surface area contributed by atoms with E-state index in [1.54, 1.807) is 0 Å². The summed E-state index contributed by atoms with van der Waals surface area (Å²) in [6, 6.07) is 0. The fraction of sp³-hybridized carbons (Fsp3) is 1.00. The Morgan fingerprint density at radius 2 is 1.27 bits per heavy atom. The quantitative estimate of drug-likeness (QED) is 0.719. The van der Waals surface area contributed by atoms with E-state index < -0.39 is 5.60 Å². The van der Waals surface area contributed by atoms with Crippen LogP contribution in [-0.4, -0.2) is 10.7 Å². The molecule has 1 atom stereocenters. The van der Waals surface area contributed by atoms with Gasteiger partial charge in [0.05, 0.1) is 5.60 Å². The van der Waals surface area contributed by atoms with E-state index in [1.807, 2.05) is 0 Å². The molecular weight excluding hydrogens is 184 g/mol. The molecule has 0 fully saturated rings. The Labute approximate surface area is 96.3 Å². The van der Waals surface area contributed by atoms with Gasteiger partial charge in [-0.3, -0.25) is 0 Å². The van der Waals surface area contributed by atoms with Gasteiger partial charge in [-0.2, -0.15) is 0 Å². The highest BCUT2D eigenvalue weighted by molar-refractivity contribution is 4.90. The van der Waals surface area contributed by atoms with E-state index in [0.29, 0.717) is 5.41 Å². The minimum Gasteiger partial charge on any atom is -0.389 e. The monoisotopic (exact) mass is 214 g/mol. The minimum atomic E-state index is -0.514. The summed E-state index contributed by atoms with van der Waals surface area (Å²) in [5.41, 5.74) is -0.181. The van der Waals surface area contributed by atoms with Crippen molar-refractivity contribution in [1.29, 1.82) is 0 Å². The van der Waals surface area contributed by atoms with Crippen LogP contribution in [0.25, 0.3) is 0 Å². The summed E-state index contributed by atoms with van der Waals surface area (Å²) in [6.07, 6.45) is 4.03. The molecule has 0 aliphatic carbocycles. The molecule has 0 aromatic heterocycles. The summed E-state index contributed by atoms with van der Waals surface area (Å²) in [6.45, 7) is 15.3. The molecule has 0 aliphatic heterocycles. The molecule has 0 rings (SSSR count). The van der Waals surface area contributed by atoms with Crippen molar-refractivity contribution < 1.29 is 5.11 Å². The molecule has 0 heterocycles. The smallest absolute Gasteiger partial charge is 0.0693 e. The summed E-state index contributed by atoms with van der Waals surface area (Å²) >= 11 is 0. The Bertz CT molecular complexity index is 188. The van der Waals surface area contributed by atoms with Crippen molar-refractivity contribution in [3.8, 4) is 0 Å². The predicted octanol–water partition coefficient (Wildman–Crippen LogP) is 4.39. The minimum absolute atomic E-state index is 0.0223. The molecule has 1 heteroatoms. The summed E-state index contributed by atoms with van der Waals surface area (Å²) in [5, 5.41) is 10.6. The van der Waals surface area contributed by atoms with Crippen molar-refractivity contribution in [2.24, 2.45) is 10.8 Å². The maximum absolute atomic E-state index is 10.6. The van der Waals surface area contributed by atoms with Crippen LogP contribution in [0.2, 0.25) is 0 Å². The maximum Gasteiger partial charge on any atom is 0.0693 e. The van der Waals surface area contributed by atoms with Crippen LogP contribution >= 0.6 is 0 Å². The summed E-state index contributed by atoms with van der Waals surface area (Å²) in [5.74, 6) is 0. The fourth-order valence-corrected chi connectivity index (χ4v) is 1.80. The van der Waals surface area contributed by atoms with Gasteiger partial charge >= 0.3 is 0 Å².